The van der Waals surface area contributed by atoms with Gasteiger partial charge in [-0.25, -0.2) is 9.78 Å². The average molecular weight is 438 g/mol. The Hall–Kier alpha value is -3.35. The van der Waals surface area contributed by atoms with Crippen LogP contribution in [0.4, 0.5) is 8.78 Å². The zero-order valence-electron chi connectivity index (χ0n) is 17.8. The number of aromatic nitrogens is 1. The van der Waals surface area contributed by atoms with Gasteiger partial charge >= 0.3 is 11.9 Å². The molecule has 0 saturated carbocycles. The van der Waals surface area contributed by atoms with Gasteiger partial charge < -0.3 is 9.64 Å². The predicted octanol–water partition coefficient (Wildman–Crippen LogP) is 5.18. The number of piperidine rings is 1. The highest BCUT2D eigenvalue weighted by Crippen LogP contribution is 2.40. The fraction of sp³-hybridized carbons (Fsp3) is 0.320. The van der Waals surface area contributed by atoms with Gasteiger partial charge in [-0.15, -0.1) is 0 Å². The summed E-state index contributed by atoms with van der Waals surface area (Å²) in [4.78, 5) is 31.0. The average Bonchev–Trinajstić information content (AvgIpc) is 2.83. The Morgan fingerprint density at radius 2 is 1.59 bits per heavy atom. The van der Waals surface area contributed by atoms with Gasteiger partial charge in [-0.05, 0) is 37.1 Å². The highest BCUT2D eigenvalue weighted by molar-refractivity contribution is 6.08. The maximum Gasteiger partial charge on any atom is 0.366 e. The normalized spacial score (nSPS) is 14.4. The molecule has 0 aliphatic carbocycles. The number of halogens is 2. The number of alkyl halides is 2. The molecule has 3 aromatic rings. The fourth-order valence-electron chi connectivity index (χ4n) is 4.14. The molecule has 0 unspecified atom stereocenters. The molecule has 0 bridgehead atoms. The summed E-state index contributed by atoms with van der Waals surface area (Å²) in [5.74, 6) is -5.97. The first kappa shape index (κ1) is 21.9. The topological polar surface area (TPSA) is 59.5 Å². The lowest BCUT2D eigenvalue weighted by molar-refractivity contribution is -0.160. The monoisotopic (exact) mass is 438 g/mol. The quantitative estimate of drug-likeness (QED) is 0.515. The minimum absolute atomic E-state index is 0.0694. The van der Waals surface area contributed by atoms with Gasteiger partial charge in [0.15, 0.2) is 5.69 Å². The highest BCUT2D eigenvalue weighted by Gasteiger charge is 2.47. The largest absolute Gasteiger partial charge is 0.461 e. The van der Waals surface area contributed by atoms with Gasteiger partial charge in [0, 0.05) is 24.0 Å². The van der Waals surface area contributed by atoms with Gasteiger partial charge in [-0.1, -0.05) is 54.6 Å². The van der Waals surface area contributed by atoms with Gasteiger partial charge in [-0.3, -0.25) is 4.79 Å². The van der Waals surface area contributed by atoms with Gasteiger partial charge in [0.1, 0.15) is 5.69 Å². The molecule has 166 valence electrons. The van der Waals surface area contributed by atoms with Gasteiger partial charge in [0.2, 0.25) is 0 Å². The SMILES string of the molecule is CCOC(=O)c1nc(C(F)(F)C(=O)N2CCCCC2)c2ccccc2c1-c1ccccc1. The number of esters is 1. The number of likely N-dealkylation sites (tertiary alicyclic amines) is 1. The van der Waals surface area contributed by atoms with Crippen LogP contribution < -0.4 is 0 Å². The number of rotatable bonds is 5. The number of fused-ring (bicyclic) bond motifs is 1. The van der Waals surface area contributed by atoms with Gasteiger partial charge in [0.05, 0.1) is 6.61 Å². The zero-order valence-corrected chi connectivity index (χ0v) is 17.8. The van der Waals surface area contributed by atoms with E-state index in [9.17, 15) is 9.59 Å². The maximum atomic E-state index is 15.6. The molecule has 2 heterocycles. The van der Waals surface area contributed by atoms with Crippen molar-refractivity contribution in [3.8, 4) is 11.1 Å². The smallest absolute Gasteiger partial charge is 0.366 e. The first-order valence-electron chi connectivity index (χ1n) is 10.8. The van der Waals surface area contributed by atoms with Crippen LogP contribution in [0.1, 0.15) is 42.4 Å². The van der Waals surface area contributed by atoms with E-state index in [0.717, 1.165) is 6.42 Å². The van der Waals surface area contributed by atoms with Crippen molar-refractivity contribution in [1.82, 2.24) is 9.88 Å². The zero-order chi connectivity index (χ0) is 22.7. The maximum absolute atomic E-state index is 15.6. The summed E-state index contributed by atoms with van der Waals surface area (Å²) in [6.45, 7) is 2.29. The van der Waals surface area contributed by atoms with Crippen LogP contribution >= 0.6 is 0 Å². The third-order valence-corrected chi connectivity index (χ3v) is 5.65. The van der Waals surface area contributed by atoms with Crippen molar-refractivity contribution in [3.63, 3.8) is 0 Å². The van der Waals surface area contributed by atoms with E-state index in [1.807, 2.05) is 6.07 Å². The minimum atomic E-state index is -3.88. The lowest BCUT2D eigenvalue weighted by Crippen LogP contribution is -2.45. The predicted molar refractivity (Wildman–Crippen MR) is 117 cm³/mol. The highest BCUT2D eigenvalue weighted by atomic mass is 19.3. The molecule has 0 spiro atoms. The van der Waals surface area contributed by atoms with E-state index in [0.29, 0.717) is 42.4 Å². The van der Waals surface area contributed by atoms with Crippen molar-refractivity contribution in [2.24, 2.45) is 0 Å². The molecule has 0 radical (unpaired) electrons. The number of nitrogens with zero attached hydrogens (tertiary/aromatic N) is 2. The lowest BCUT2D eigenvalue weighted by Gasteiger charge is -2.30. The molecule has 4 rings (SSSR count). The van der Waals surface area contributed by atoms with Crippen molar-refractivity contribution >= 4 is 22.6 Å². The van der Waals surface area contributed by atoms with Crippen molar-refractivity contribution in [2.45, 2.75) is 32.1 Å². The molecule has 1 amide bonds. The molecule has 32 heavy (non-hydrogen) atoms. The van der Waals surface area contributed by atoms with E-state index >= 15 is 8.78 Å². The van der Waals surface area contributed by atoms with Crippen molar-refractivity contribution in [2.75, 3.05) is 19.7 Å². The van der Waals surface area contributed by atoms with Crippen LogP contribution in [-0.4, -0.2) is 41.5 Å². The summed E-state index contributed by atoms with van der Waals surface area (Å²) in [6.07, 6.45) is 2.29. The Labute approximate surface area is 185 Å². The molecule has 1 saturated heterocycles. The molecule has 1 fully saturated rings. The molecule has 0 atom stereocenters. The first-order valence-corrected chi connectivity index (χ1v) is 10.8. The van der Waals surface area contributed by atoms with E-state index in [1.54, 1.807) is 49.4 Å². The summed E-state index contributed by atoms with van der Waals surface area (Å²) >= 11 is 0. The van der Waals surface area contributed by atoms with Crippen molar-refractivity contribution in [1.29, 1.82) is 0 Å². The second-order valence-corrected chi connectivity index (χ2v) is 7.74. The minimum Gasteiger partial charge on any atom is -0.461 e. The molecule has 7 heteroatoms. The third kappa shape index (κ3) is 3.95. The number of pyridine rings is 1. The molecule has 2 aromatic carbocycles. The van der Waals surface area contributed by atoms with Crippen molar-refractivity contribution in [3.05, 3.63) is 66.0 Å². The Kier molecular flexibility index (Phi) is 6.17. The van der Waals surface area contributed by atoms with Crippen LogP contribution in [0.25, 0.3) is 21.9 Å². The summed E-state index contributed by atoms with van der Waals surface area (Å²) in [5, 5.41) is 0.549. The first-order chi connectivity index (χ1) is 15.4. The second-order valence-electron chi connectivity index (χ2n) is 7.74. The summed E-state index contributed by atoms with van der Waals surface area (Å²) in [6, 6.07) is 15.5. The summed E-state index contributed by atoms with van der Waals surface area (Å²) in [5.41, 5.74) is 0.116. The molecule has 1 aromatic heterocycles. The van der Waals surface area contributed by atoms with Crippen LogP contribution in [0.15, 0.2) is 54.6 Å². The lowest BCUT2D eigenvalue weighted by atomic mass is 9.94. The molecular weight excluding hydrogens is 414 g/mol. The Balaban J connectivity index is 1.96. The van der Waals surface area contributed by atoms with E-state index in [1.165, 1.54) is 11.0 Å². The van der Waals surface area contributed by atoms with E-state index in [4.69, 9.17) is 4.74 Å². The molecule has 5 nitrogen and oxygen atoms in total. The van der Waals surface area contributed by atoms with Crippen LogP contribution in [0, 0.1) is 0 Å². The number of amides is 1. The number of carbonyl (C=O) groups is 2. The van der Waals surface area contributed by atoms with E-state index < -0.39 is 23.5 Å². The van der Waals surface area contributed by atoms with Crippen LogP contribution in [0.3, 0.4) is 0 Å². The Morgan fingerprint density at radius 1 is 0.969 bits per heavy atom. The fourth-order valence-corrected chi connectivity index (χ4v) is 4.14. The molecule has 0 N–H and O–H groups in total. The molecule has 1 aliphatic rings. The van der Waals surface area contributed by atoms with E-state index in [2.05, 4.69) is 4.98 Å². The molecular formula is C25H24F2N2O3. The third-order valence-electron chi connectivity index (χ3n) is 5.65. The van der Waals surface area contributed by atoms with Crippen molar-refractivity contribution < 1.29 is 23.1 Å². The van der Waals surface area contributed by atoms with Crippen LogP contribution in [0.2, 0.25) is 0 Å². The number of ether oxygens (including phenoxy) is 1. The van der Waals surface area contributed by atoms with Crippen LogP contribution in [-0.2, 0) is 15.5 Å². The standard InChI is InChI=1S/C25H24F2N2O3/c1-2-32-23(30)21-20(17-11-5-3-6-12-17)18-13-7-8-14-19(18)22(28-21)25(26,27)24(31)29-15-9-4-10-16-29/h3,5-8,11-14H,2,4,9-10,15-16H2,1H3. The molecule has 1 aliphatic heterocycles. The summed E-state index contributed by atoms with van der Waals surface area (Å²) < 4.78 is 36.4. The Bertz CT molecular complexity index is 1140. The van der Waals surface area contributed by atoms with E-state index in [-0.39, 0.29) is 17.7 Å². The number of hydrogen-bond donors (Lipinski definition) is 0. The summed E-state index contributed by atoms with van der Waals surface area (Å²) in [7, 11) is 0. The second kappa shape index (κ2) is 9.02. The van der Waals surface area contributed by atoms with Crippen LogP contribution in [0.5, 0.6) is 0 Å². The number of benzene rings is 2. The van der Waals surface area contributed by atoms with Gasteiger partial charge in [-0.2, -0.15) is 8.78 Å². The number of hydrogen-bond acceptors (Lipinski definition) is 4. The number of carbonyl (C=O) groups excluding carboxylic acids is 2. The van der Waals surface area contributed by atoms with Gasteiger partial charge in [0.25, 0.3) is 5.91 Å². The Morgan fingerprint density at radius 3 is 2.25 bits per heavy atom.